The summed E-state index contributed by atoms with van der Waals surface area (Å²) in [4.78, 5) is 16.9. The molecule has 1 amide bonds. The Morgan fingerprint density at radius 2 is 1.61 bits per heavy atom. The van der Waals surface area contributed by atoms with Crippen LogP contribution in [0, 0.1) is 11.3 Å². The third-order valence-electron chi connectivity index (χ3n) is 5.55. The van der Waals surface area contributed by atoms with Crippen molar-refractivity contribution in [2.75, 3.05) is 31.1 Å². The molecule has 166 valence electrons. The van der Waals surface area contributed by atoms with Gasteiger partial charge in [0.25, 0.3) is 5.91 Å². The SMILES string of the molecule is N#C/C(=C/c1ccc(OCc2ccc(Cl)cc2)cc1)C(=O)N1CCN(c2ccccc2)CC1. The number of anilines is 1. The van der Waals surface area contributed by atoms with Gasteiger partial charge in [-0.3, -0.25) is 4.79 Å². The third kappa shape index (κ3) is 5.94. The maximum atomic E-state index is 12.9. The third-order valence-corrected chi connectivity index (χ3v) is 5.80. The summed E-state index contributed by atoms with van der Waals surface area (Å²) in [5, 5.41) is 10.3. The zero-order valence-electron chi connectivity index (χ0n) is 18.2. The maximum Gasteiger partial charge on any atom is 0.264 e. The molecule has 1 saturated heterocycles. The maximum absolute atomic E-state index is 12.9. The van der Waals surface area contributed by atoms with Crippen LogP contribution >= 0.6 is 11.6 Å². The number of hydrogen-bond donors (Lipinski definition) is 0. The van der Waals surface area contributed by atoms with E-state index in [0.717, 1.165) is 29.9 Å². The van der Waals surface area contributed by atoms with E-state index in [1.54, 1.807) is 11.0 Å². The molecule has 1 aliphatic rings. The van der Waals surface area contributed by atoms with Gasteiger partial charge in [0, 0.05) is 36.9 Å². The molecule has 5 nitrogen and oxygen atoms in total. The molecule has 0 bridgehead atoms. The summed E-state index contributed by atoms with van der Waals surface area (Å²) in [7, 11) is 0. The predicted octanol–water partition coefficient (Wildman–Crippen LogP) is 5.17. The van der Waals surface area contributed by atoms with Crippen LogP contribution in [0.3, 0.4) is 0 Å². The quantitative estimate of drug-likeness (QED) is 0.378. The van der Waals surface area contributed by atoms with Crippen LogP contribution in [0.1, 0.15) is 11.1 Å². The molecule has 3 aromatic carbocycles. The zero-order chi connectivity index (χ0) is 23.0. The van der Waals surface area contributed by atoms with Crippen molar-refractivity contribution < 1.29 is 9.53 Å². The number of carbonyl (C=O) groups excluding carboxylic acids is 1. The lowest BCUT2D eigenvalue weighted by Crippen LogP contribution is -2.49. The molecule has 0 aromatic heterocycles. The Hall–Kier alpha value is -3.75. The van der Waals surface area contributed by atoms with Gasteiger partial charge < -0.3 is 14.5 Å². The van der Waals surface area contributed by atoms with E-state index in [-0.39, 0.29) is 11.5 Å². The highest BCUT2D eigenvalue weighted by molar-refractivity contribution is 6.30. The number of halogens is 1. The standard InChI is InChI=1S/C27H24ClN3O2/c28-24-10-6-22(7-11-24)20-33-26-12-8-21(9-13-26)18-23(19-29)27(32)31-16-14-30(15-17-31)25-4-2-1-3-5-25/h1-13,18H,14-17,20H2/b23-18-. The second-order valence-corrected chi connectivity index (χ2v) is 8.21. The molecule has 0 N–H and O–H groups in total. The van der Waals surface area contributed by atoms with Crippen molar-refractivity contribution in [3.8, 4) is 11.8 Å². The molecule has 0 spiro atoms. The summed E-state index contributed by atoms with van der Waals surface area (Å²) in [6.45, 7) is 3.10. The molecule has 3 aromatic rings. The predicted molar refractivity (Wildman–Crippen MR) is 131 cm³/mol. The van der Waals surface area contributed by atoms with Crippen molar-refractivity contribution in [2.45, 2.75) is 6.61 Å². The van der Waals surface area contributed by atoms with Crippen molar-refractivity contribution in [3.05, 3.63) is 101 Å². The Bertz CT molecular complexity index is 1140. The number of hydrogen-bond acceptors (Lipinski definition) is 4. The van der Waals surface area contributed by atoms with Crippen LogP contribution in [-0.2, 0) is 11.4 Å². The number of para-hydroxylation sites is 1. The van der Waals surface area contributed by atoms with E-state index in [1.165, 1.54) is 0 Å². The molecule has 0 saturated carbocycles. The van der Waals surface area contributed by atoms with Crippen LogP contribution in [0.25, 0.3) is 6.08 Å². The van der Waals surface area contributed by atoms with Gasteiger partial charge in [0.2, 0.25) is 0 Å². The number of carbonyl (C=O) groups is 1. The highest BCUT2D eigenvalue weighted by atomic mass is 35.5. The summed E-state index contributed by atoms with van der Waals surface area (Å²) < 4.78 is 5.80. The van der Waals surface area contributed by atoms with E-state index in [2.05, 4.69) is 23.1 Å². The molecule has 1 fully saturated rings. The van der Waals surface area contributed by atoms with Crippen molar-refractivity contribution in [1.29, 1.82) is 5.26 Å². The van der Waals surface area contributed by atoms with Crippen LogP contribution in [0.4, 0.5) is 5.69 Å². The first kappa shape index (κ1) is 22.4. The fraction of sp³-hybridized carbons (Fsp3) is 0.185. The lowest BCUT2D eigenvalue weighted by atomic mass is 10.1. The average molecular weight is 458 g/mol. The zero-order valence-corrected chi connectivity index (χ0v) is 18.9. The van der Waals surface area contributed by atoms with Crippen LogP contribution < -0.4 is 9.64 Å². The van der Waals surface area contributed by atoms with Gasteiger partial charge in [0.1, 0.15) is 24.0 Å². The number of nitriles is 1. The van der Waals surface area contributed by atoms with Crippen molar-refractivity contribution in [3.63, 3.8) is 0 Å². The van der Waals surface area contributed by atoms with Gasteiger partial charge in [0.05, 0.1) is 0 Å². The van der Waals surface area contributed by atoms with Gasteiger partial charge in [-0.1, -0.05) is 54.1 Å². The summed E-state index contributed by atoms with van der Waals surface area (Å²) in [6, 6.07) is 27.1. The minimum absolute atomic E-state index is 0.137. The number of piperazine rings is 1. The van der Waals surface area contributed by atoms with Crippen molar-refractivity contribution in [2.24, 2.45) is 0 Å². The summed E-state index contributed by atoms with van der Waals surface area (Å²) >= 11 is 5.90. The fourth-order valence-corrected chi connectivity index (χ4v) is 3.82. The molecule has 0 unspecified atom stereocenters. The molecule has 33 heavy (non-hydrogen) atoms. The Kier molecular flexibility index (Phi) is 7.29. The smallest absolute Gasteiger partial charge is 0.264 e. The molecule has 0 aliphatic carbocycles. The van der Waals surface area contributed by atoms with E-state index in [4.69, 9.17) is 16.3 Å². The highest BCUT2D eigenvalue weighted by Gasteiger charge is 2.23. The number of benzene rings is 3. The number of amides is 1. The first-order valence-electron chi connectivity index (χ1n) is 10.8. The largest absolute Gasteiger partial charge is 0.489 e. The van der Waals surface area contributed by atoms with Gasteiger partial charge in [-0.25, -0.2) is 0 Å². The second kappa shape index (κ2) is 10.7. The van der Waals surface area contributed by atoms with Gasteiger partial charge in [-0.2, -0.15) is 5.26 Å². The number of rotatable bonds is 6. The Balaban J connectivity index is 1.34. The fourth-order valence-electron chi connectivity index (χ4n) is 3.69. The molecule has 4 rings (SSSR count). The summed E-state index contributed by atoms with van der Waals surface area (Å²) in [6.07, 6.45) is 1.63. The Morgan fingerprint density at radius 1 is 0.939 bits per heavy atom. The normalized spacial score (nSPS) is 14.0. The topological polar surface area (TPSA) is 56.6 Å². The Morgan fingerprint density at radius 3 is 2.24 bits per heavy atom. The van der Waals surface area contributed by atoms with E-state index in [1.807, 2.05) is 66.7 Å². The highest BCUT2D eigenvalue weighted by Crippen LogP contribution is 2.19. The molecule has 1 aliphatic heterocycles. The molecule has 1 heterocycles. The van der Waals surface area contributed by atoms with Gasteiger partial charge in [0.15, 0.2) is 0 Å². The summed E-state index contributed by atoms with van der Waals surface area (Å²) in [5.74, 6) is 0.484. The molecule has 0 atom stereocenters. The van der Waals surface area contributed by atoms with Gasteiger partial charge in [-0.15, -0.1) is 0 Å². The first-order valence-corrected chi connectivity index (χ1v) is 11.2. The minimum Gasteiger partial charge on any atom is -0.489 e. The van der Waals surface area contributed by atoms with E-state index < -0.39 is 0 Å². The molecule has 0 radical (unpaired) electrons. The van der Waals surface area contributed by atoms with E-state index in [9.17, 15) is 10.1 Å². The second-order valence-electron chi connectivity index (χ2n) is 7.77. The Labute approximate surface area is 199 Å². The molecule has 6 heteroatoms. The van der Waals surface area contributed by atoms with Crippen LogP contribution in [-0.4, -0.2) is 37.0 Å². The van der Waals surface area contributed by atoms with Gasteiger partial charge >= 0.3 is 0 Å². The molecular weight excluding hydrogens is 434 g/mol. The number of nitrogens with zero attached hydrogens (tertiary/aromatic N) is 3. The first-order chi connectivity index (χ1) is 16.1. The van der Waals surface area contributed by atoms with Crippen LogP contribution in [0.15, 0.2) is 84.4 Å². The lowest BCUT2D eigenvalue weighted by Gasteiger charge is -2.36. The van der Waals surface area contributed by atoms with Crippen molar-refractivity contribution in [1.82, 2.24) is 4.90 Å². The van der Waals surface area contributed by atoms with Gasteiger partial charge in [-0.05, 0) is 53.6 Å². The lowest BCUT2D eigenvalue weighted by molar-refractivity contribution is -0.126. The monoisotopic (exact) mass is 457 g/mol. The summed E-state index contributed by atoms with van der Waals surface area (Å²) in [5.41, 5.74) is 3.09. The molecular formula is C27H24ClN3O2. The van der Waals surface area contributed by atoms with E-state index in [0.29, 0.717) is 30.5 Å². The van der Waals surface area contributed by atoms with Crippen LogP contribution in [0.5, 0.6) is 5.75 Å². The van der Waals surface area contributed by atoms with Crippen LogP contribution in [0.2, 0.25) is 5.02 Å². The van der Waals surface area contributed by atoms with Crippen molar-refractivity contribution >= 4 is 29.3 Å². The van der Waals surface area contributed by atoms with E-state index >= 15 is 0 Å². The number of ether oxygens (including phenoxy) is 1. The minimum atomic E-state index is -0.228. The average Bonchev–Trinajstić information content (AvgIpc) is 2.88.